The van der Waals surface area contributed by atoms with Crippen molar-refractivity contribution in [3.8, 4) is 12.1 Å². The zero-order chi connectivity index (χ0) is 29.9. The fourth-order valence-corrected chi connectivity index (χ4v) is 7.75. The molecule has 6 aromatic carbocycles. The summed E-state index contributed by atoms with van der Waals surface area (Å²) in [7, 11) is 0. The van der Waals surface area contributed by atoms with E-state index in [1.54, 1.807) is 0 Å². The quantitative estimate of drug-likeness (QED) is 0.236. The molecule has 1 aliphatic rings. The van der Waals surface area contributed by atoms with Crippen LogP contribution in [0, 0.1) is 22.7 Å². The molecule has 2 heterocycles. The first kappa shape index (κ1) is 25.7. The van der Waals surface area contributed by atoms with Crippen LogP contribution in [0.25, 0.3) is 60.6 Å². The highest BCUT2D eigenvalue weighted by atomic mass is 32.1. The second-order valence-electron chi connectivity index (χ2n) is 10.9. The summed E-state index contributed by atoms with van der Waals surface area (Å²) in [6.07, 6.45) is 1.90. The van der Waals surface area contributed by atoms with E-state index in [2.05, 4.69) is 48.5 Å². The lowest BCUT2D eigenvalue weighted by molar-refractivity contribution is 0.913. The molecule has 0 saturated heterocycles. The van der Waals surface area contributed by atoms with Crippen LogP contribution >= 0.6 is 11.3 Å². The highest BCUT2D eigenvalue weighted by Crippen LogP contribution is 2.43. The van der Waals surface area contributed by atoms with Crippen molar-refractivity contribution in [3.05, 3.63) is 145 Å². The van der Waals surface area contributed by atoms with Crippen LogP contribution in [-0.4, -0.2) is 4.57 Å². The number of fused-ring (bicyclic) bond motifs is 5. The predicted octanol–water partition coefficient (Wildman–Crippen LogP) is 6.47. The second kappa shape index (κ2) is 9.81. The Morgan fingerprint density at radius 2 is 1.14 bits per heavy atom. The average molecular weight is 583 g/mol. The van der Waals surface area contributed by atoms with Crippen LogP contribution in [0.15, 0.2) is 120 Å². The number of benzene rings is 6. The number of hydrogen-bond donors (Lipinski definition) is 1. The van der Waals surface area contributed by atoms with Crippen LogP contribution in [0.1, 0.15) is 17.0 Å². The molecule has 0 bridgehead atoms. The standard InChI is InChI=1S/C38H22N4OS/c39-20-31-35(34-28-15-7-3-11-24(28)18-25-12-4-8-16-29(25)34)32(21-40)38-42(36(31)41)37(43)33(44-38)19-30-26-13-5-1-9-22(26)17-23-10-2-6-14-27(23)30/h1-19,35H,41H2/b33-19-/t35-/m0/s1. The zero-order valence-electron chi connectivity index (χ0n) is 23.3. The Morgan fingerprint density at radius 1 is 0.682 bits per heavy atom. The minimum absolute atomic E-state index is 0.0622. The van der Waals surface area contributed by atoms with Gasteiger partial charge in [-0.25, -0.2) is 0 Å². The number of nitrogens with zero attached hydrogens (tertiary/aromatic N) is 3. The molecule has 0 aliphatic carbocycles. The molecule has 206 valence electrons. The lowest BCUT2D eigenvalue weighted by Gasteiger charge is -2.25. The minimum Gasteiger partial charge on any atom is -0.384 e. The second-order valence-corrected chi connectivity index (χ2v) is 11.9. The summed E-state index contributed by atoms with van der Waals surface area (Å²) in [5, 5.41) is 29.3. The smallest absolute Gasteiger partial charge is 0.274 e. The number of nitriles is 2. The lowest BCUT2D eigenvalue weighted by Crippen LogP contribution is -2.38. The van der Waals surface area contributed by atoms with Gasteiger partial charge in [0.2, 0.25) is 0 Å². The topological polar surface area (TPSA) is 95.6 Å². The highest BCUT2D eigenvalue weighted by molar-refractivity contribution is 7.07. The van der Waals surface area contributed by atoms with Crippen molar-refractivity contribution >= 4 is 71.9 Å². The Bertz CT molecular complexity index is 2570. The van der Waals surface area contributed by atoms with Gasteiger partial charge in [-0.3, -0.25) is 9.36 Å². The number of thiazole rings is 1. The zero-order valence-corrected chi connectivity index (χ0v) is 24.1. The Labute approximate surface area is 255 Å². The third-order valence-corrected chi connectivity index (χ3v) is 9.69. The van der Waals surface area contributed by atoms with Crippen molar-refractivity contribution in [2.45, 2.75) is 5.92 Å². The van der Waals surface area contributed by atoms with Gasteiger partial charge in [0.1, 0.15) is 10.5 Å². The number of rotatable bonds is 2. The Hall–Kier alpha value is -5.95. The lowest BCUT2D eigenvalue weighted by atomic mass is 9.79. The molecular weight excluding hydrogens is 561 g/mol. The number of allylic oxidation sites excluding steroid dienone is 1. The van der Waals surface area contributed by atoms with Crippen LogP contribution in [0.5, 0.6) is 0 Å². The maximum absolute atomic E-state index is 14.1. The molecule has 5 nitrogen and oxygen atoms in total. The largest absolute Gasteiger partial charge is 0.384 e. The third-order valence-electron chi connectivity index (χ3n) is 8.58. The van der Waals surface area contributed by atoms with Gasteiger partial charge in [-0.15, -0.1) is 11.3 Å². The summed E-state index contributed by atoms with van der Waals surface area (Å²) >= 11 is 1.24. The minimum atomic E-state index is -0.731. The van der Waals surface area contributed by atoms with Crippen molar-refractivity contribution in [1.29, 1.82) is 10.5 Å². The highest BCUT2D eigenvalue weighted by Gasteiger charge is 2.34. The van der Waals surface area contributed by atoms with Gasteiger partial charge in [0.05, 0.1) is 33.7 Å². The molecule has 8 rings (SSSR count). The molecule has 0 unspecified atom stereocenters. The van der Waals surface area contributed by atoms with Gasteiger partial charge in [0.15, 0.2) is 0 Å². The maximum Gasteiger partial charge on any atom is 0.274 e. The molecule has 0 amide bonds. The van der Waals surface area contributed by atoms with Crippen molar-refractivity contribution in [2.24, 2.45) is 5.73 Å². The molecule has 0 radical (unpaired) electrons. The summed E-state index contributed by atoms with van der Waals surface area (Å²) in [6.45, 7) is 0. The molecule has 0 saturated carbocycles. The summed E-state index contributed by atoms with van der Waals surface area (Å²) in [5.74, 6) is -0.669. The summed E-state index contributed by atoms with van der Waals surface area (Å²) in [6, 6.07) is 41.1. The van der Waals surface area contributed by atoms with E-state index in [0.29, 0.717) is 14.8 Å². The van der Waals surface area contributed by atoms with Gasteiger partial charge in [0, 0.05) is 0 Å². The number of aromatic nitrogens is 1. The Kier molecular flexibility index (Phi) is 5.74. The van der Waals surface area contributed by atoms with Crippen molar-refractivity contribution in [3.63, 3.8) is 0 Å². The van der Waals surface area contributed by atoms with Crippen LogP contribution in [0.4, 0.5) is 0 Å². The Morgan fingerprint density at radius 3 is 1.64 bits per heavy atom. The molecule has 1 atom stereocenters. The van der Waals surface area contributed by atoms with E-state index in [4.69, 9.17) is 5.73 Å². The van der Waals surface area contributed by atoms with E-state index in [1.807, 2.05) is 78.9 Å². The fourth-order valence-electron chi connectivity index (χ4n) is 6.64. The van der Waals surface area contributed by atoms with E-state index in [1.165, 1.54) is 15.9 Å². The summed E-state index contributed by atoms with van der Waals surface area (Å²) < 4.78 is 2.25. The summed E-state index contributed by atoms with van der Waals surface area (Å²) in [5.41, 5.74) is 8.66. The molecule has 1 aliphatic heterocycles. The van der Waals surface area contributed by atoms with E-state index in [-0.39, 0.29) is 17.0 Å². The van der Waals surface area contributed by atoms with E-state index in [0.717, 1.165) is 54.2 Å². The molecule has 2 N–H and O–H groups in total. The van der Waals surface area contributed by atoms with Crippen LogP contribution in [0.2, 0.25) is 0 Å². The molecular formula is C38H22N4OS. The first-order chi connectivity index (χ1) is 21.6. The van der Waals surface area contributed by atoms with Gasteiger partial charge in [-0.1, -0.05) is 97.1 Å². The van der Waals surface area contributed by atoms with E-state index < -0.39 is 5.92 Å². The molecule has 1 aromatic heterocycles. The van der Waals surface area contributed by atoms with Gasteiger partial charge in [-0.2, -0.15) is 10.5 Å². The normalized spacial score (nSPS) is 15.2. The Balaban J connectivity index is 1.50. The molecule has 0 fully saturated rings. The van der Waals surface area contributed by atoms with Crippen molar-refractivity contribution in [2.75, 3.05) is 0 Å². The first-order valence-electron chi connectivity index (χ1n) is 14.2. The average Bonchev–Trinajstić information content (AvgIpc) is 3.38. The van der Waals surface area contributed by atoms with Crippen molar-refractivity contribution < 1.29 is 0 Å². The number of nitrogens with two attached hydrogens (primary N) is 1. The van der Waals surface area contributed by atoms with Crippen LogP contribution < -0.4 is 20.5 Å². The SMILES string of the molecule is N#CC1=C(N)n2c(s/c(=C\c3c4ccccc4cc4ccccc34)c2=O)=C(C#N)[C@H]1c1c2ccccc2cc2ccccc12. The number of hydrogen-bond acceptors (Lipinski definition) is 5. The van der Waals surface area contributed by atoms with Crippen molar-refractivity contribution in [1.82, 2.24) is 4.57 Å². The molecule has 0 spiro atoms. The molecule has 6 heteroatoms. The monoisotopic (exact) mass is 582 g/mol. The van der Waals surface area contributed by atoms with E-state index in [9.17, 15) is 15.3 Å². The molecule has 44 heavy (non-hydrogen) atoms. The van der Waals surface area contributed by atoms with Crippen LogP contribution in [0.3, 0.4) is 0 Å². The van der Waals surface area contributed by atoms with Gasteiger partial charge >= 0.3 is 0 Å². The van der Waals surface area contributed by atoms with Gasteiger partial charge < -0.3 is 5.73 Å². The fraction of sp³-hybridized carbons (Fsp3) is 0.0263. The third kappa shape index (κ3) is 3.66. The van der Waals surface area contributed by atoms with Gasteiger partial charge in [-0.05, 0) is 72.4 Å². The summed E-state index contributed by atoms with van der Waals surface area (Å²) in [4.78, 5) is 14.1. The van der Waals surface area contributed by atoms with Crippen LogP contribution in [-0.2, 0) is 0 Å². The first-order valence-corrected chi connectivity index (χ1v) is 15.0. The van der Waals surface area contributed by atoms with Gasteiger partial charge in [0.25, 0.3) is 5.56 Å². The molecule has 7 aromatic rings. The maximum atomic E-state index is 14.1. The predicted molar refractivity (Wildman–Crippen MR) is 179 cm³/mol. The van der Waals surface area contributed by atoms with E-state index >= 15 is 0 Å².